The summed E-state index contributed by atoms with van der Waals surface area (Å²) in [5.74, 6) is -1.29. The summed E-state index contributed by atoms with van der Waals surface area (Å²) in [6.07, 6.45) is 0. The second-order valence-corrected chi connectivity index (χ2v) is 4.37. The summed E-state index contributed by atoms with van der Waals surface area (Å²) in [6, 6.07) is 3.31. The van der Waals surface area contributed by atoms with Gasteiger partial charge >= 0.3 is 0 Å². The first-order valence-electron chi connectivity index (χ1n) is 3.39. The van der Waals surface area contributed by atoms with Crippen LogP contribution >= 0.6 is 0 Å². The van der Waals surface area contributed by atoms with Crippen molar-refractivity contribution in [3.63, 3.8) is 0 Å². The lowest BCUT2D eigenvalue weighted by molar-refractivity contribution is 0.101. The maximum absolute atomic E-state index is 12.7. The predicted molar refractivity (Wildman–Crippen MR) is 43.8 cm³/mol. The maximum Gasteiger partial charge on any atom is 0.287 e. The summed E-state index contributed by atoms with van der Waals surface area (Å²) < 4.78 is 27.3. The average Bonchev–Trinajstić information content (AvgIpc) is 2.22. The molecule has 1 heterocycles. The maximum atomic E-state index is 12.7. The van der Waals surface area contributed by atoms with E-state index in [-0.39, 0.29) is 10.5 Å². The quantitative estimate of drug-likeness (QED) is 0.668. The van der Waals surface area contributed by atoms with Crippen molar-refractivity contribution in [1.29, 1.82) is 0 Å². The Morgan fingerprint density at radius 2 is 2.15 bits per heavy atom. The summed E-state index contributed by atoms with van der Waals surface area (Å²) in [7, 11) is -3.11. The number of rotatable bonds is 0. The van der Waals surface area contributed by atoms with Gasteiger partial charge in [-0.3, -0.25) is 4.79 Å². The molecule has 0 spiro atoms. The van der Waals surface area contributed by atoms with Gasteiger partial charge in [0, 0.05) is 0 Å². The summed E-state index contributed by atoms with van der Waals surface area (Å²) in [6.45, 7) is 0. The van der Waals surface area contributed by atoms with E-state index in [1.54, 1.807) is 0 Å². The van der Waals surface area contributed by atoms with Crippen LogP contribution in [0.4, 0.5) is 4.39 Å². The Morgan fingerprint density at radius 1 is 1.46 bits per heavy atom. The van der Waals surface area contributed by atoms with E-state index in [9.17, 15) is 13.4 Å². The van der Waals surface area contributed by atoms with Gasteiger partial charge in [0.15, 0.2) is 0 Å². The molecule has 0 radical (unpaired) electrons. The molecule has 1 unspecified atom stereocenters. The van der Waals surface area contributed by atoms with Gasteiger partial charge in [-0.25, -0.2) is 13.7 Å². The first kappa shape index (κ1) is 8.33. The summed E-state index contributed by atoms with van der Waals surface area (Å²) in [5.41, 5.74) is -0.00694. The van der Waals surface area contributed by atoms with E-state index in [1.807, 2.05) is 0 Å². The monoisotopic (exact) mass is 200 g/mol. The molecule has 1 aliphatic heterocycles. The molecule has 6 heteroatoms. The van der Waals surface area contributed by atoms with Crippen molar-refractivity contribution in [2.75, 3.05) is 0 Å². The van der Waals surface area contributed by atoms with Crippen molar-refractivity contribution < 1.29 is 13.4 Å². The molecule has 2 rings (SSSR count). The molecule has 13 heavy (non-hydrogen) atoms. The number of fused-ring (bicyclic) bond motifs is 1. The molecule has 1 atom stereocenters. The highest BCUT2D eigenvalue weighted by molar-refractivity contribution is 7.92. The number of amides is 1. The Hall–Kier alpha value is -1.27. The molecular formula is C7H5FN2O2S. The van der Waals surface area contributed by atoms with Crippen molar-refractivity contribution in [2.24, 2.45) is 9.50 Å². The number of hydrogen-bond acceptors (Lipinski definition) is 2. The van der Waals surface area contributed by atoms with Crippen LogP contribution in [0.5, 0.6) is 0 Å². The van der Waals surface area contributed by atoms with E-state index in [0.29, 0.717) is 0 Å². The number of halogens is 1. The molecule has 1 amide bonds. The summed E-state index contributed by atoms with van der Waals surface area (Å²) in [5, 5.41) is 5.25. The Balaban J connectivity index is 2.83. The Kier molecular flexibility index (Phi) is 1.52. The largest absolute Gasteiger partial charge is 0.287 e. The smallest absolute Gasteiger partial charge is 0.266 e. The standard InChI is InChI=1S/C7H5FN2O2S/c8-4-1-2-6-5(3-4)7(11)10-13(6,9)12/h1-3H,(H2,9,10,11,12). The first-order chi connectivity index (χ1) is 6.00. The van der Waals surface area contributed by atoms with Crippen LogP contribution in [0, 0.1) is 5.82 Å². The zero-order valence-electron chi connectivity index (χ0n) is 6.36. The third-order valence-electron chi connectivity index (χ3n) is 1.71. The zero-order valence-corrected chi connectivity index (χ0v) is 7.18. The van der Waals surface area contributed by atoms with Crippen LogP contribution in [0.25, 0.3) is 0 Å². The fourth-order valence-electron chi connectivity index (χ4n) is 1.15. The molecule has 68 valence electrons. The molecule has 0 aliphatic carbocycles. The Labute approximate surface area is 73.9 Å². The van der Waals surface area contributed by atoms with Gasteiger partial charge in [0.2, 0.25) is 0 Å². The topological polar surface area (TPSA) is 72.5 Å². The van der Waals surface area contributed by atoms with Crippen LogP contribution in [-0.4, -0.2) is 10.1 Å². The zero-order chi connectivity index (χ0) is 9.64. The summed E-state index contributed by atoms with van der Waals surface area (Å²) in [4.78, 5) is 11.2. The first-order valence-corrected chi connectivity index (χ1v) is 4.97. The number of carbonyl (C=O) groups is 1. The number of nitrogens with zero attached hydrogens (tertiary/aromatic N) is 1. The number of nitrogens with two attached hydrogens (primary N) is 1. The molecule has 0 aromatic heterocycles. The van der Waals surface area contributed by atoms with Crippen molar-refractivity contribution >= 4 is 15.8 Å². The number of hydrogen-bond donors (Lipinski definition) is 1. The number of benzene rings is 1. The predicted octanol–water partition coefficient (Wildman–Crippen LogP) is 0.680. The van der Waals surface area contributed by atoms with Gasteiger partial charge in [0.25, 0.3) is 5.91 Å². The van der Waals surface area contributed by atoms with E-state index < -0.39 is 21.6 Å². The molecule has 0 saturated heterocycles. The highest BCUT2D eigenvalue weighted by Gasteiger charge is 2.26. The highest BCUT2D eigenvalue weighted by Crippen LogP contribution is 2.24. The van der Waals surface area contributed by atoms with Crippen molar-refractivity contribution in [3.8, 4) is 0 Å². The van der Waals surface area contributed by atoms with Crippen molar-refractivity contribution in [1.82, 2.24) is 0 Å². The van der Waals surface area contributed by atoms with Gasteiger partial charge in [-0.1, -0.05) is 0 Å². The van der Waals surface area contributed by atoms with Gasteiger partial charge in [-0.05, 0) is 18.2 Å². The van der Waals surface area contributed by atoms with Crippen LogP contribution in [0.3, 0.4) is 0 Å². The molecule has 0 saturated carbocycles. The molecule has 1 aromatic carbocycles. The minimum Gasteiger partial charge on any atom is -0.266 e. The van der Waals surface area contributed by atoms with Crippen LogP contribution in [-0.2, 0) is 9.92 Å². The van der Waals surface area contributed by atoms with Crippen LogP contribution in [0.15, 0.2) is 27.5 Å². The minimum absolute atomic E-state index is 0.00694. The van der Waals surface area contributed by atoms with Crippen molar-refractivity contribution in [3.05, 3.63) is 29.6 Å². The molecule has 2 N–H and O–H groups in total. The minimum atomic E-state index is -3.11. The molecule has 0 bridgehead atoms. The average molecular weight is 200 g/mol. The second kappa shape index (κ2) is 2.36. The third kappa shape index (κ3) is 1.14. The molecule has 0 fully saturated rings. The lowest BCUT2D eigenvalue weighted by Gasteiger charge is -1.97. The van der Waals surface area contributed by atoms with Crippen LogP contribution in [0.2, 0.25) is 0 Å². The fourth-order valence-corrected chi connectivity index (χ4v) is 2.31. The van der Waals surface area contributed by atoms with E-state index in [0.717, 1.165) is 12.1 Å². The molecule has 1 aromatic rings. The Bertz CT molecular complexity index is 517. The van der Waals surface area contributed by atoms with E-state index in [2.05, 4.69) is 4.36 Å². The number of carbonyl (C=O) groups excluding carboxylic acids is 1. The van der Waals surface area contributed by atoms with Crippen molar-refractivity contribution in [2.45, 2.75) is 4.90 Å². The van der Waals surface area contributed by atoms with E-state index in [1.165, 1.54) is 6.07 Å². The Morgan fingerprint density at radius 3 is 2.85 bits per heavy atom. The molecular weight excluding hydrogens is 195 g/mol. The fraction of sp³-hybridized carbons (Fsp3) is 0. The van der Waals surface area contributed by atoms with Gasteiger partial charge in [-0.2, -0.15) is 0 Å². The highest BCUT2D eigenvalue weighted by atomic mass is 32.2. The van der Waals surface area contributed by atoms with E-state index in [4.69, 9.17) is 5.14 Å². The normalized spacial score (nSPS) is 25.5. The van der Waals surface area contributed by atoms with Crippen LogP contribution in [0.1, 0.15) is 10.4 Å². The van der Waals surface area contributed by atoms with Crippen LogP contribution < -0.4 is 5.14 Å². The molecule has 1 aliphatic rings. The third-order valence-corrected chi connectivity index (χ3v) is 3.13. The van der Waals surface area contributed by atoms with Gasteiger partial charge in [0.05, 0.1) is 10.5 Å². The van der Waals surface area contributed by atoms with Gasteiger partial charge < -0.3 is 0 Å². The lowest BCUT2D eigenvalue weighted by atomic mass is 10.2. The lowest BCUT2D eigenvalue weighted by Crippen LogP contribution is -2.09. The molecule has 4 nitrogen and oxygen atoms in total. The second-order valence-electron chi connectivity index (χ2n) is 2.61. The van der Waals surface area contributed by atoms with Gasteiger partial charge in [-0.15, -0.1) is 4.36 Å². The van der Waals surface area contributed by atoms with E-state index >= 15 is 0 Å². The SMILES string of the molecule is NS1(=O)=NC(=O)c2cc(F)ccc21. The summed E-state index contributed by atoms with van der Waals surface area (Å²) >= 11 is 0. The van der Waals surface area contributed by atoms with Gasteiger partial charge in [0.1, 0.15) is 15.7 Å².